The second-order valence-corrected chi connectivity index (χ2v) is 14.0. The lowest BCUT2D eigenvalue weighted by Crippen LogP contribution is -2.64. The van der Waals surface area contributed by atoms with Gasteiger partial charge in [0.15, 0.2) is 5.78 Å². The maximum atomic E-state index is 13.9. The Morgan fingerprint density at radius 3 is 2.63 bits per heavy atom. The van der Waals surface area contributed by atoms with Crippen LogP contribution < -0.4 is 5.73 Å². The average Bonchev–Trinajstić information content (AvgIpc) is 2.90. The molecule has 0 aromatic heterocycles. The Balaban J connectivity index is 1.45. The van der Waals surface area contributed by atoms with E-state index in [1.165, 1.54) is 0 Å². The average molecular weight is 576 g/mol. The third-order valence-electron chi connectivity index (χ3n) is 11.1. The molecule has 9 nitrogen and oxygen atoms in total. The van der Waals surface area contributed by atoms with Crippen LogP contribution in [0.3, 0.4) is 0 Å². The molecule has 41 heavy (non-hydrogen) atoms. The van der Waals surface area contributed by atoms with Gasteiger partial charge in [-0.3, -0.25) is 9.59 Å². The highest BCUT2D eigenvalue weighted by Crippen LogP contribution is 2.64. The predicted octanol–water partition coefficient (Wildman–Crippen LogP) is 4.91. The van der Waals surface area contributed by atoms with Crippen molar-refractivity contribution in [2.75, 3.05) is 19.8 Å². The van der Waals surface area contributed by atoms with Gasteiger partial charge in [0.05, 0.1) is 31.8 Å². The van der Waals surface area contributed by atoms with E-state index in [-0.39, 0.29) is 41.4 Å². The first-order valence-corrected chi connectivity index (χ1v) is 15.9. The molecule has 0 radical (unpaired) electrons. The number of hydrogen-bond donors (Lipinski definition) is 3. The zero-order valence-corrected chi connectivity index (χ0v) is 24.8. The molecule has 0 amide bonds. The zero-order valence-electron chi connectivity index (χ0n) is 24.8. The minimum absolute atomic E-state index is 0.00732. The Bertz CT molecular complexity index is 1030. The molecule has 4 fully saturated rings. The van der Waals surface area contributed by atoms with Gasteiger partial charge in [-0.1, -0.05) is 39.2 Å². The van der Waals surface area contributed by atoms with E-state index in [1.54, 1.807) is 6.08 Å². The molecular weight excluding hydrogens is 526 g/mol. The molecule has 2 bridgehead atoms. The molecule has 0 spiro atoms. The van der Waals surface area contributed by atoms with Crippen LogP contribution in [0.25, 0.3) is 0 Å². The predicted molar refractivity (Wildman–Crippen MR) is 151 cm³/mol. The highest BCUT2D eigenvalue weighted by Gasteiger charge is 2.64. The van der Waals surface area contributed by atoms with Crippen molar-refractivity contribution in [1.29, 1.82) is 0 Å². The Morgan fingerprint density at radius 1 is 1.17 bits per heavy atom. The maximum absolute atomic E-state index is 13.9. The maximum Gasteiger partial charge on any atom is 0.506 e. The van der Waals surface area contributed by atoms with Gasteiger partial charge in [-0.05, 0) is 80.6 Å². The largest absolute Gasteiger partial charge is 0.506 e. The number of fused-ring (bicyclic) bond motifs is 3. The van der Waals surface area contributed by atoms with Crippen LogP contribution in [0.15, 0.2) is 11.6 Å². The number of carbonyl (C=O) groups is 3. The first-order valence-electron chi connectivity index (χ1n) is 15.9. The van der Waals surface area contributed by atoms with Gasteiger partial charge in [0.25, 0.3) is 0 Å². The first kappa shape index (κ1) is 30.5. The summed E-state index contributed by atoms with van der Waals surface area (Å²) in [6.45, 7) is 7.55. The second-order valence-electron chi connectivity index (χ2n) is 14.0. The van der Waals surface area contributed by atoms with Crippen molar-refractivity contribution in [3.63, 3.8) is 0 Å². The van der Waals surface area contributed by atoms with E-state index >= 15 is 0 Å². The fourth-order valence-corrected chi connectivity index (χ4v) is 9.67. The number of ether oxygens (including phenoxy) is 3. The van der Waals surface area contributed by atoms with Crippen molar-refractivity contribution in [3.05, 3.63) is 11.6 Å². The molecule has 0 aromatic rings. The number of unbranched alkanes of at least 4 members (excludes halogenated alkanes) is 1. The minimum Gasteiger partial charge on any atom is -0.481 e. The lowest BCUT2D eigenvalue weighted by molar-refractivity contribution is -0.218. The van der Waals surface area contributed by atoms with Crippen molar-refractivity contribution in [3.8, 4) is 0 Å². The second kappa shape index (κ2) is 12.3. The SMILES string of the molecule is CCCCC(N)CO[C@@H]1C2COC[C@]3(C[C@H]1OC(=O)O)C1=CC(=O)C4C(CCC(CC(C)C)[C@H]4C(=O)O)C1CCC23. The fraction of sp³-hybridized carbons (Fsp3) is 0.844. The third kappa shape index (κ3) is 5.70. The smallest absolute Gasteiger partial charge is 0.481 e. The third-order valence-corrected chi connectivity index (χ3v) is 11.1. The number of carboxylic acid groups (broad SMARTS) is 2. The highest BCUT2D eigenvalue weighted by molar-refractivity contribution is 5.97. The van der Waals surface area contributed by atoms with E-state index in [0.717, 1.165) is 56.9 Å². The number of carboxylic acids is 1. The van der Waals surface area contributed by atoms with Crippen LogP contribution in [0.4, 0.5) is 4.79 Å². The molecule has 4 N–H and O–H groups in total. The molecule has 230 valence electrons. The summed E-state index contributed by atoms with van der Waals surface area (Å²) in [7, 11) is 0. The van der Waals surface area contributed by atoms with Crippen molar-refractivity contribution < 1.29 is 38.8 Å². The van der Waals surface area contributed by atoms with Gasteiger partial charge in [-0.25, -0.2) is 4.79 Å². The van der Waals surface area contributed by atoms with Gasteiger partial charge < -0.3 is 30.2 Å². The summed E-state index contributed by atoms with van der Waals surface area (Å²) in [5, 5.41) is 20.0. The minimum atomic E-state index is -1.33. The van der Waals surface area contributed by atoms with Crippen LogP contribution in [0.5, 0.6) is 0 Å². The van der Waals surface area contributed by atoms with Crippen molar-refractivity contribution in [2.24, 2.45) is 58.5 Å². The van der Waals surface area contributed by atoms with E-state index in [0.29, 0.717) is 32.2 Å². The number of ketones is 1. The lowest BCUT2D eigenvalue weighted by Gasteiger charge is -2.62. The zero-order chi connectivity index (χ0) is 29.5. The molecule has 3 saturated carbocycles. The molecule has 1 heterocycles. The molecule has 5 aliphatic rings. The van der Waals surface area contributed by atoms with Crippen LogP contribution in [-0.2, 0) is 23.8 Å². The van der Waals surface area contributed by atoms with E-state index in [2.05, 4.69) is 20.8 Å². The number of hydrogen-bond acceptors (Lipinski definition) is 7. The molecule has 4 aliphatic carbocycles. The van der Waals surface area contributed by atoms with E-state index in [1.807, 2.05) is 0 Å². The number of rotatable bonds is 10. The van der Waals surface area contributed by atoms with Gasteiger partial charge in [-0.2, -0.15) is 0 Å². The van der Waals surface area contributed by atoms with Gasteiger partial charge in [0, 0.05) is 23.3 Å². The summed E-state index contributed by atoms with van der Waals surface area (Å²) in [5.74, 6) is -1.49. The standard InChI is InChI=1S/C32H49NO8/c1-4-5-6-19(33)14-40-29-22-15-39-16-32(13-26(29)41-31(37)38)23(22)10-9-20-21-8-7-18(11-17(2)3)27(30(35)36)28(21)25(34)12-24(20)32/h12,17-23,26-29H,4-11,13-16,33H2,1-3H3,(H,35,36)(H,37,38)/t18?,19?,20?,21?,22?,23?,26-,27-,28?,29-,32+/m1/s1. The highest BCUT2D eigenvalue weighted by atomic mass is 16.7. The van der Waals surface area contributed by atoms with E-state index in [4.69, 9.17) is 19.9 Å². The Hall–Kier alpha value is -1.97. The normalized spacial score (nSPS) is 40.6. The van der Waals surface area contributed by atoms with E-state index in [9.17, 15) is 24.6 Å². The summed E-state index contributed by atoms with van der Waals surface area (Å²) in [6, 6.07) is -0.129. The number of aliphatic carboxylic acids is 1. The van der Waals surface area contributed by atoms with Crippen LogP contribution in [0.2, 0.25) is 0 Å². The van der Waals surface area contributed by atoms with Gasteiger partial charge in [-0.15, -0.1) is 0 Å². The molecule has 11 atom stereocenters. The number of allylic oxidation sites excluding steroid dienone is 1. The molecule has 9 heteroatoms. The van der Waals surface area contributed by atoms with Crippen LogP contribution in [0, 0.1) is 52.8 Å². The van der Waals surface area contributed by atoms with Gasteiger partial charge >= 0.3 is 12.1 Å². The van der Waals surface area contributed by atoms with Crippen LogP contribution >= 0.6 is 0 Å². The summed E-state index contributed by atoms with van der Waals surface area (Å²) < 4.78 is 18.1. The van der Waals surface area contributed by atoms with E-state index < -0.39 is 41.6 Å². The quantitative estimate of drug-likeness (QED) is 0.309. The van der Waals surface area contributed by atoms with Crippen molar-refractivity contribution in [1.82, 2.24) is 0 Å². The fourth-order valence-electron chi connectivity index (χ4n) is 9.67. The van der Waals surface area contributed by atoms with Crippen molar-refractivity contribution in [2.45, 2.75) is 96.8 Å². The molecule has 5 rings (SSSR count). The first-order chi connectivity index (χ1) is 19.6. The summed E-state index contributed by atoms with van der Waals surface area (Å²) in [4.78, 5) is 38.3. The molecule has 1 aliphatic heterocycles. The summed E-state index contributed by atoms with van der Waals surface area (Å²) in [5.41, 5.74) is 6.85. The molecule has 7 unspecified atom stereocenters. The van der Waals surface area contributed by atoms with Gasteiger partial charge in [0.1, 0.15) is 6.10 Å². The molecule has 0 aromatic carbocycles. The number of nitrogens with two attached hydrogens (primary N) is 1. The Labute approximate surface area is 243 Å². The van der Waals surface area contributed by atoms with Crippen molar-refractivity contribution >= 4 is 17.9 Å². The van der Waals surface area contributed by atoms with Crippen LogP contribution in [0.1, 0.15) is 78.6 Å². The summed E-state index contributed by atoms with van der Waals surface area (Å²) in [6.07, 6.45) is 6.90. The topological polar surface area (TPSA) is 145 Å². The molecule has 1 saturated heterocycles. The molecular formula is C32H49NO8. The van der Waals surface area contributed by atoms with Crippen LogP contribution in [-0.4, -0.2) is 66.2 Å². The Morgan fingerprint density at radius 2 is 1.95 bits per heavy atom. The summed E-state index contributed by atoms with van der Waals surface area (Å²) >= 11 is 0. The number of carbonyl (C=O) groups excluding carboxylic acids is 1. The lowest BCUT2D eigenvalue weighted by atomic mass is 9.45. The monoisotopic (exact) mass is 575 g/mol. The van der Waals surface area contributed by atoms with Gasteiger partial charge in [0.2, 0.25) is 0 Å². The Kier molecular flexibility index (Phi) is 9.17.